The number of para-hydroxylation sites is 1. The summed E-state index contributed by atoms with van der Waals surface area (Å²) in [5, 5.41) is 4.74. The molecule has 1 aliphatic rings. The molecule has 1 aliphatic carbocycles. The van der Waals surface area contributed by atoms with Crippen molar-refractivity contribution in [3.63, 3.8) is 0 Å². The van der Waals surface area contributed by atoms with Crippen LogP contribution in [0.4, 0.5) is 0 Å². The Morgan fingerprint density at radius 1 is 1.12 bits per heavy atom. The third kappa shape index (κ3) is 2.09. The van der Waals surface area contributed by atoms with Gasteiger partial charge in [-0.2, -0.15) is 0 Å². The van der Waals surface area contributed by atoms with Crippen molar-refractivity contribution in [2.75, 3.05) is 7.05 Å². The van der Waals surface area contributed by atoms with Crippen molar-refractivity contribution < 1.29 is 0 Å². The van der Waals surface area contributed by atoms with Crippen molar-refractivity contribution in [2.45, 2.75) is 37.6 Å². The minimum Gasteiger partial charge on any atom is -0.358 e. The summed E-state index contributed by atoms with van der Waals surface area (Å²) in [5.41, 5.74) is 2.71. The molecule has 1 saturated carbocycles. The lowest BCUT2D eigenvalue weighted by atomic mass is 9.84. The second kappa shape index (κ2) is 4.53. The first-order valence-corrected chi connectivity index (χ1v) is 6.62. The van der Waals surface area contributed by atoms with Gasteiger partial charge in [-0.3, -0.25) is 0 Å². The highest BCUT2D eigenvalue weighted by molar-refractivity contribution is 5.80. The van der Waals surface area contributed by atoms with E-state index in [4.69, 9.17) is 0 Å². The predicted octanol–water partition coefficient (Wildman–Crippen LogP) is 3.41. The fourth-order valence-corrected chi connectivity index (χ4v) is 3.01. The molecule has 3 rings (SSSR count). The molecule has 0 unspecified atom stereocenters. The summed E-state index contributed by atoms with van der Waals surface area (Å²) in [6, 6.07) is 11.6. The van der Waals surface area contributed by atoms with Gasteiger partial charge >= 0.3 is 0 Å². The average molecular weight is 228 g/mol. The zero-order valence-corrected chi connectivity index (χ0v) is 10.4. The van der Waals surface area contributed by atoms with Crippen LogP contribution in [0.15, 0.2) is 30.3 Å². The highest BCUT2D eigenvalue weighted by Gasteiger charge is 2.22. The minimum absolute atomic E-state index is 0.729. The van der Waals surface area contributed by atoms with Crippen LogP contribution in [0.2, 0.25) is 0 Å². The molecule has 2 heteroatoms. The van der Waals surface area contributed by atoms with Crippen LogP contribution >= 0.6 is 0 Å². The quantitative estimate of drug-likeness (QED) is 0.810. The summed E-state index contributed by atoms with van der Waals surface area (Å²) < 4.78 is 0. The van der Waals surface area contributed by atoms with Gasteiger partial charge in [0.25, 0.3) is 0 Å². The van der Waals surface area contributed by atoms with Crippen LogP contribution in [0.25, 0.3) is 10.9 Å². The maximum Gasteiger partial charge on any atom is 0.0456 e. The van der Waals surface area contributed by atoms with Gasteiger partial charge < -0.3 is 10.3 Å². The third-order valence-corrected chi connectivity index (χ3v) is 4.13. The maximum absolute atomic E-state index is 3.58. The van der Waals surface area contributed by atoms with Crippen molar-refractivity contribution in [3.05, 3.63) is 36.0 Å². The van der Waals surface area contributed by atoms with E-state index >= 15 is 0 Å². The Hall–Kier alpha value is -1.28. The van der Waals surface area contributed by atoms with Gasteiger partial charge in [-0.1, -0.05) is 18.2 Å². The van der Waals surface area contributed by atoms with E-state index < -0.39 is 0 Å². The van der Waals surface area contributed by atoms with Gasteiger partial charge in [0, 0.05) is 17.3 Å². The first kappa shape index (κ1) is 10.8. The minimum atomic E-state index is 0.729. The second-order valence-corrected chi connectivity index (χ2v) is 5.15. The average Bonchev–Trinajstić information content (AvgIpc) is 2.82. The van der Waals surface area contributed by atoms with Crippen molar-refractivity contribution in [1.29, 1.82) is 0 Å². The molecule has 0 saturated heterocycles. The standard InChI is InChI=1S/C15H20N2/c1-16-13-8-6-11(7-9-13)15-10-12-4-2-3-5-14(12)17-15/h2-5,10-11,13,16-17H,6-9H2,1H3. The highest BCUT2D eigenvalue weighted by atomic mass is 14.9. The molecular weight excluding hydrogens is 208 g/mol. The Morgan fingerprint density at radius 2 is 1.88 bits per heavy atom. The van der Waals surface area contributed by atoms with E-state index in [0.717, 1.165) is 12.0 Å². The fraction of sp³-hybridized carbons (Fsp3) is 0.467. The molecule has 0 bridgehead atoms. The molecule has 1 heterocycles. The van der Waals surface area contributed by atoms with Crippen molar-refractivity contribution in [1.82, 2.24) is 10.3 Å². The third-order valence-electron chi connectivity index (χ3n) is 4.13. The zero-order chi connectivity index (χ0) is 11.7. The van der Waals surface area contributed by atoms with Gasteiger partial charge in [0.1, 0.15) is 0 Å². The molecule has 0 radical (unpaired) electrons. The lowest BCUT2D eigenvalue weighted by Crippen LogP contribution is -2.29. The summed E-state index contributed by atoms with van der Waals surface area (Å²) >= 11 is 0. The van der Waals surface area contributed by atoms with Gasteiger partial charge in [-0.25, -0.2) is 0 Å². The SMILES string of the molecule is CNC1CCC(c2cc3ccccc3[nH]2)CC1. The van der Waals surface area contributed by atoms with Crippen LogP contribution in [0.5, 0.6) is 0 Å². The Bertz CT molecular complexity index is 459. The van der Waals surface area contributed by atoms with Crippen LogP contribution in [0.3, 0.4) is 0 Å². The van der Waals surface area contributed by atoms with E-state index in [0.29, 0.717) is 0 Å². The lowest BCUT2D eigenvalue weighted by Gasteiger charge is -2.27. The number of hydrogen-bond acceptors (Lipinski definition) is 1. The zero-order valence-electron chi connectivity index (χ0n) is 10.4. The monoisotopic (exact) mass is 228 g/mol. The van der Waals surface area contributed by atoms with Crippen LogP contribution in [-0.2, 0) is 0 Å². The molecule has 1 aromatic carbocycles. The van der Waals surface area contributed by atoms with Gasteiger partial charge in [-0.05, 0) is 56.2 Å². The Balaban J connectivity index is 1.80. The number of benzene rings is 1. The summed E-state index contributed by atoms with van der Waals surface area (Å²) in [5.74, 6) is 0.729. The van der Waals surface area contributed by atoms with Crippen LogP contribution in [0.1, 0.15) is 37.3 Å². The van der Waals surface area contributed by atoms with Crippen molar-refractivity contribution in [2.24, 2.45) is 0 Å². The molecule has 0 aliphatic heterocycles. The van der Waals surface area contributed by atoms with Gasteiger partial charge in [0.15, 0.2) is 0 Å². The molecule has 1 fully saturated rings. The second-order valence-electron chi connectivity index (χ2n) is 5.15. The van der Waals surface area contributed by atoms with Crippen molar-refractivity contribution in [3.8, 4) is 0 Å². The molecule has 1 aromatic heterocycles. The van der Waals surface area contributed by atoms with Gasteiger partial charge in [0.2, 0.25) is 0 Å². The number of rotatable bonds is 2. The summed E-state index contributed by atoms with van der Waals surface area (Å²) in [7, 11) is 2.08. The maximum atomic E-state index is 3.58. The van der Waals surface area contributed by atoms with E-state index in [1.807, 2.05) is 0 Å². The number of H-pyrrole nitrogens is 1. The molecule has 0 atom stereocenters. The molecule has 90 valence electrons. The molecule has 2 nitrogen and oxygen atoms in total. The number of fused-ring (bicyclic) bond motifs is 1. The molecule has 2 aromatic rings. The van der Waals surface area contributed by atoms with E-state index in [2.05, 4.69) is 47.7 Å². The van der Waals surface area contributed by atoms with Crippen LogP contribution in [-0.4, -0.2) is 18.1 Å². The van der Waals surface area contributed by atoms with E-state index in [1.54, 1.807) is 0 Å². The topological polar surface area (TPSA) is 27.8 Å². The van der Waals surface area contributed by atoms with E-state index in [1.165, 1.54) is 42.3 Å². The Kier molecular flexibility index (Phi) is 2.89. The number of aromatic nitrogens is 1. The molecule has 17 heavy (non-hydrogen) atoms. The first-order chi connectivity index (χ1) is 8.36. The Labute approximate surface area is 102 Å². The largest absolute Gasteiger partial charge is 0.358 e. The van der Waals surface area contributed by atoms with Gasteiger partial charge in [0.05, 0.1) is 0 Å². The van der Waals surface area contributed by atoms with Gasteiger partial charge in [-0.15, -0.1) is 0 Å². The number of aromatic amines is 1. The van der Waals surface area contributed by atoms with Crippen LogP contribution in [0, 0.1) is 0 Å². The summed E-state index contributed by atoms with van der Waals surface area (Å²) in [6.45, 7) is 0. The molecular formula is C15H20N2. The highest BCUT2D eigenvalue weighted by Crippen LogP contribution is 2.33. The fourth-order valence-electron chi connectivity index (χ4n) is 3.01. The smallest absolute Gasteiger partial charge is 0.0456 e. The van der Waals surface area contributed by atoms with E-state index in [9.17, 15) is 0 Å². The summed E-state index contributed by atoms with van der Waals surface area (Å²) in [4.78, 5) is 3.58. The lowest BCUT2D eigenvalue weighted by molar-refractivity contribution is 0.356. The van der Waals surface area contributed by atoms with Crippen LogP contribution < -0.4 is 5.32 Å². The van der Waals surface area contributed by atoms with Crippen molar-refractivity contribution >= 4 is 10.9 Å². The number of hydrogen-bond donors (Lipinski definition) is 2. The number of nitrogens with one attached hydrogen (secondary N) is 2. The molecule has 0 spiro atoms. The predicted molar refractivity (Wildman–Crippen MR) is 72.4 cm³/mol. The Morgan fingerprint density at radius 3 is 2.59 bits per heavy atom. The molecule has 2 N–H and O–H groups in total. The summed E-state index contributed by atoms with van der Waals surface area (Å²) in [6.07, 6.45) is 5.21. The normalized spacial score (nSPS) is 25.2. The van der Waals surface area contributed by atoms with E-state index in [-0.39, 0.29) is 0 Å². The molecule has 0 amide bonds. The first-order valence-electron chi connectivity index (χ1n) is 6.62.